The SMILES string of the molecule is Cc1cccc(Cl)c1NC(=O)N1CCN=C1N. The third-order valence-corrected chi connectivity index (χ3v) is 2.89. The van der Waals surface area contributed by atoms with E-state index in [1.165, 1.54) is 4.90 Å². The highest BCUT2D eigenvalue weighted by atomic mass is 35.5. The van der Waals surface area contributed by atoms with Gasteiger partial charge in [-0.2, -0.15) is 0 Å². The lowest BCUT2D eigenvalue weighted by molar-refractivity contribution is 0.236. The monoisotopic (exact) mass is 252 g/mol. The molecule has 0 spiro atoms. The molecule has 0 saturated carbocycles. The zero-order valence-electron chi connectivity index (χ0n) is 9.40. The highest BCUT2D eigenvalue weighted by Gasteiger charge is 2.22. The summed E-state index contributed by atoms with van der Waals surface area (Å²) in [6, 6.07) is 5.13. The molecular formula is C11H13ClN4O. The molecule has 90 valence electrons. The molecule has 0 bridgehead atoms. The van der Waals surface area contributed by atoms with Crippen LogP contribution >= 0.6 is 11.6 Å². The molecule has 1 aromatic carbocycles. The third-order valence-electron chi connectivity index (χ3n) is 2.57. The topological polar surface area (TPSA) is 70.7 Å². The number of hydrogen-bond donors (Lipinski definition) is 2. The van der Waals surface area contributed by atoms with Crippen LogP contribution in [0, 0.1) is 6.92 Å². The number of aryl methyl sites for hydroxylation is 1. The Balaban J connectivity index is 2.16. The summed E-state index contributed by atoms with van der Waals surface area (Å²) >= 11 is 6.02. The van der Waals surface area contributed by atoms with Crippen LogP contribution in [0.2, 0.25) is 5.02 Å². The lowest BCUT2D eigenvalue weighted by Crippen LogP contribution is -2.41. The Labute approximate surface area is 104 Å². The molecule has 1 aliphatic heterocycles. The van der Waals surface area contributed by atoms with E-state index in [0.717, 1.165) is 5.56 Å². The van der Waals surface area contributed by atoms with Crippen LogP contribution in [-0.2, 0) is 0 Å². The van der Waals surface area contributed by atoms with Crippen LogP contribution in [0.5, 0.6) is 0 Å². The normalized spacial score (nSPS) is 14.7. The second kappa shape index (κ2) is 4.63. The van der Waals surface area contributed by atoms with Crippen molar-refractivity contribution in [1.29, 1.82) is 0 Å². The highest BCUT2D eigenvalue weighted by Crippen LogP contribution is 2.25. The molecule has 17 heavy (non-hydrogen) atoms. The Morgan fingerprint density at radius 2 is 2.35 bits per heavy atom. The molecule has 0 saturated heterocycles. The zero-order valence-corrected chi connectivity index (χ0v) is 10.2. The average Bonchev–Trinajstić information content (AvgIpc) is 2.70. The van der Waals surface area contributed by atoms with Gasteiger partial charge in [0.2, 0.25) is 0 Å². The van der Waals surface area contributed by atoms with Gasteiger partial charge < -0.3 is 11.1 Å². The third kappa shape index (κ3) is 2.34. The molecule has 0 unspecified atom stereocenters. The van der Waals surface area contributed by atoms with E-state index >= 15 is 0 Å². The number of urea groups is 1. The number of para-hydroxylation sites is 1. The van der Waals surface area contributed by atoms with Gasteiger partial charge >= 0.3 is 6.03 Å². The predicted octanol–water partition coefficient (Wildman–Crippen LogP) is 1.81. The summed E-state index contributed by atoms with van der Waals surface area (Å²) < 4.78 is 0. The lowest BCUT2D eigenvalue weighted by atomic mass is 10.2. The largest absolute Gasteiger partial charge is 0.369 e. The van der Waals surface area contributed by atoms with Gasteiger partial charge in [-0.25, -0.2) is 4.79 Å². The van der Waals surface area contributed by atoms with Crippen molar-refractivity contribution in [3.05, 3.63) is 28.8 Å². The van der Waals surface area contributed by atoms with E-state index < -0.39 is 0 Å². The molecule has 0 aliphatic carbocycles. The summed E-state index contributed by atoms with van der Waals surface area (Å²) in [5, 5.41) is 3.25. The summed E-state index contributed by atoms with van der Waals surface area (Å²) in [7, 11) is 0. The molecule has 5 nitrogen and oxygen atoms in total. The van der Waals surface area contributed by atoms with Crippen LogP contribution in [-0.4, -0.2) is 30.0 Å². The maximum absolute atomic E-state index is 11.9. The molecule has 0 fully saturated rings. The lowest BCUT2D eigenvalue weighted by Gasteiger charge is -2.17. The molecule has 0 radical (unpaired) electrons. The molecule has 6 heteroatoms. The van der Waals surface area contributed by atoms with Gasteiger partial charge in [0.05, 0.1) is 23.8 Å². The minimum absolute atomic E-state index is 0.243. The first kappa shape index (κ1) is 11.7. The Morgan fingerprint density at radius 3 is 2.94 bits per heavy atom. The number of carbonyl (C=O) groups is 1. The fourth-order valence-electron chi connectivity index (χ4n) is 1.63. The maximum Gasteiger partial charge on any atom is 0.328 e. The van der Waals surface area contributed by atoms with Crippen molar-refractivity contribution in [2.24, 2.45) is 10.7 Å². The zero-order chi connectivity index (χ0) is 12.4. The fraction of sp³-hybridized carbons (Fsp3) is 0.273. The van der Waals surface area contributed by atoms with E-state index in [1.807, 2.05) is 19.1 Å². The smallest absolute Gasteiger partial charge is 0.328 e. The van der Waals surface area contributed by atoms with Gasteiger partial charge in [-0.1, -0.05) is 23.7 Å². The number of amides is 2. The second-order valence-electron chi connectivity index (χ2n) is 3.75. The van der Waals surface area contributed by atoms with Gasteiger partial charge in [0.1, 0.15) is 0 Å². The molecule has 1 aliphatic rings. The first-order valence-electron chi connectivity index (χ1n) is 5.23. The van der Waals surface area contributed by atoms with Crippen molar-refractivity contribution in [3.63, 3.8) is 0 Å². The van der Waals surface area contributed by atoms with Gasteiger partial charge in [0.25, 0.3) is 0 Å². The number of benzene rings is 1. The molecule has 1 aromatic rings. The van der Waals surface area contributed by atoms with Crippen molar-refractivity contribution in [1.82, 2.24) is 4.90 Å². The number of nitrogens with one attached hydrogen (secondary N) is 1. The standard InChI is InChI=1S/C11H13ClN4O/c1-7-3-2-4-8(12)9(7)15-11(17)16-6-5-14-10(16)13/h2-4H,5-6H2,1H3,(H2,13,14)(H,15,17). The van der Waals surface area contributed by atoms with E-state index in [4.69, 9.17) is 17.3 Å². The van der Waals surface area contributed by atoms with Crippen LogP contribution in [0.25, 0.3) is 0 Å². The predicted molar refractivity (Wildman–Crippen MR) is 68.4 cm³/mol. The van der Waals surface area contributed by atoms with Crippen molar-refractivity contribution < 1.29 is 4.79 Å². The molecule has 0 aromatic heterocycles. The highest BCUT2D eigenvalue weighted by molar-refractivity contribution is 6.34. The molecule has 2 rings (SSSR count). The molecular weight excluding hydrogens is 240 g/mol. The van der Waals surface area contributed by atoms with Crippen LogP contribution in [0.3, 0.4) is 0 Å². The van der Waals surface area contributed by atoms with E-state index in [-0.39, 0.29) is 12.0 Å². The second-order valence-corrected chi connectivity index (χ2v) is 4.16. The molecule has 2 amide bonds. The number of halogens is 1. The van der Waals surface area contributed by atoms with Crippen LogP contribution in [0.1, 0.15) is 5.56 Å². The number of anilines is 1. The Kier molecular flexibility index (Phi) is 3.19. The van der Waals surface area contributed by atoms with Crippen LogP contribution in [0.15, 0.2) is 23.2 Å². The number of aliphatic imine (C=N–C) groups is 1. The van der Waals surface area contributed by atoms with Crippen molar-refractivity contribution in [2.75, 3.05) is 18.4 Å². The van der Waals surface area contributed by atoms with Crippen molar-refractivity contribution >= 4 is 29.3 Å². The van der Waals surface area contributed by atoms with E-state index in [9.17, 15) is 4.79 Å². The van der Waals surface area contributed by atoms with Gasteiger partial charge in [-0.15, -0.1) is 0 Å². The first-order chi connectivity index (χ1) is 8.09. The Bertz CT molecular complexity index is 466. The minimum atomic E-state index is -0.306. The van der Waals surface area contributed by atoms with E-state index in [2.05, 4.69) is 10.3 Å². The van der Waals surface area contributed by atoms with Crippen molar-refractivity contribution in [3.8, 4) is 0 Å². The van der Waals surface area contributed by atoms with Crippen molar-refractivity contribution in [2.45, 2.75) is 6.92 Å². The fourth-order valence-corrected chi connectivity index (χ4v) is 1.90. The molecule has 3 N–H and O–H groups in total. The maximum atomic E-state index is 11.9. The summed E-state index contributed by atoms with van der Waals surface area (Å²) in [6.07, 6.45) is 0. The van der Waals surface area contributed by atoms with E-state index in [0.29, 0.717) is 23.8 Å². The first-order valence-corrected chi connectivity index (χ1v) is 5.61. The number of hydrogen-bond acceptors (Lipinski definition) is 3. The summed E-state index contributed by atoms with van der Waals surface area (Å²) in [4.78, 5) is 17.3. The Morgan fingerprint density at radius 1 is 1.59 bits per heavy atom. The number of guanidine groups is 1. The number of carbonyl (C=O) groups excluding carboxylic acids is 1. The Hall–Kier alpha value is -1.75. The van der Waals surface area contributed by atoms with Gasteiger partial charge in [-0.3, -0.25) is 9.89 Å². The number of nitrogens with two attached hydrogens (primary N) is 1. The van der Waals surface area contributed by atoms with E-state index in [1.54, 1.807) is 6.07 Å². The average molecular weight is 253 g/mol. The quantitative estimate of drug-likeness (QED) is 0.800. The van der Waals surface area contributed by atoms with Gasteiger partial charge in [-0.05, 0) is 18.6 Å². The summed E-state index contributed by atoms with van der Waals surface area (Å²) in [5.41, 5.74) is 7.11. The summed E-state index contributed by atoms with van der Waals surface area (Å²) in [5.74, 6) is 0.243. The van der Waals surface area contributed by atoms with Gasteiger partial charge in [0.15, 0.2) is 5.96 Å². The van der Waals surface area contributed by atoms with Crippen LogP contribution in [0.4, 0.5) is 10.5 Å². The number of rotatable bonds is 1. The number of nitrogens with zero attached hydrogens (tertiary/aromatic N) is 2. The molecule has 1 heterocycles. The van der Waals surface area contributed by atoms with Gasteiger partial charge in [0, 0.05) is 0 Å². The van der Waals surface area contributed by atoms with Crippen LogP contribution < -0.4 is 11.1 Å². The minimum Gasteiger partial charge on any atom is -0.369 e. The molecule has 0 atom stereocenters. The summed E-state index contributed by atoms with van der Waals surface area (Å²) in [6.45, 7) is 2.92.